The van der Waals surface area contributed by atoms with Crippen LogP contribution in [0.3, 0.4) is 0 Å². The van der Waals surface area contributed by atoms with Crippen LogP contribution in [-0.2, 0) is 4.79 Å². The van der Waals surface area contributed by atoms with Crippen LogP contribution in [0.2, 0.25) is 0 Å². The molecule has 5 nitrogen and oxygen atoms in total. The number of nitrogens with one attached hydrogen (secondary N) is 2. The number of carboxylic acid groups (broad SMARTS) is 1. The minimum absolute atomic E-state index is 0.233. The average Bonchev–Trinajstić information content (AvgIpc) is 2.77. The molecule has 6 heteroatoms. The van der Waals surface area contributed by atoms with Crippen LogP contribution in [0, 0.1) is 5.92 Å². The molecule has 0 radical (unpaired) electrons. The molecule has 18 heavy (non-hydrogen) atoms. The monoisotopic (exact) mass is 274 g/mol. The lowest BCUT2D eigenvalue weighted by molar-refractivity contribution is -0.139. The van der Waals surface area contributed by atoms with E-state index in [1.54, 1.807) is 0 Å². The third kappa shape index (κ3) is 5.62. The van der Waals surface area contributed by atoms with E-state index in [0.717, 1.165) is 12.2 Å². The lowest BCUT2D eigenvalue weighted by Gasteiger charge is -2.17. The first kappa shape index (κ1) is 15.1. The van der Waals surface area contributed by atoms with Crippen molar-refractivity contribution < 1.29 is 14.7 Å². The summed E-state index contributed by atoms with van der Waals surface area (Å²) >= 11 is 1.86. The Morgan fingerprint density at radius 2 is 2.17 bits per heavy atom. The first-order valence-electron chi connectivity index (χ1n) is 6.37. The zero-order chi connectivity index (χ0) is 13.5. The van der Waals surface area contributed by atoms with Crippen LogP contribution in [0.15, 0.2) is 0 Å². The van der Waals surface area contributed by atoms with E-state index >= 15 is 0 Å². The first-order valence-corrected chi connectivity index (χ1v) is 7.42. The van der Waals surface area contributed by atoms with Crippen LogP contribution < -0.4 is 10.6 Å². The summed E-state index contributed by atoms with van der Waals surface area (Å²) in [6.07, 6.45) is 2.77. The lowest BCUT2D eigenvalue weighted by Crippen LogP contribution is -2.47. The number of thioether (sulfide) groups is 1. The molecule has 1 rings (SSSR count). The molecule has 0 spiro atoms. The van der Waals surface area contributed by atoms with Crippen LogP contribution in [0.5, 0.6) is 0 Å². The number of urea groups is 1. The van der Waals surface area contributed by atoms with E-state index < -0.39 is 12.0 Å². The number of aliphatic carboxylic acids is 1. The van der Waals surface area contributed by atoms with Crippen molar-refractivity contribution in [1.29, 1.82) is 0 Å². The molecule has 0 aromatic rings. The Morgan fingerprint density at radius 1 is 1.44 bits per heavy atom. The molecular weight excluding hydrogens is 252 g/mol. The second-order valence-corrected chi connectivity index (χ2v) is 6.42. The van der Waals surface area contributed by atoms with E-state index in [9.17, 15) is 9.59 Å². The second-order valence-electron chi connectivity index (χ2n) is 5.01. The molecule has 1 saturated heterocycles. The Bertz CT molecular complexity index is 291. The highest BCUT2D eigenvalue weighted by atomic mass is 32.2. The molecular formula is C12H22N2O3S. The van der Waals surface area contributed by atoms with Gasteiger partial charge in [-0.1, -0.05) is 13.8 Å². The maximum atomic E-state index is 11.6. The van der Waals surface area contributed by atoms with Crippen molar-refractivity contribution in [3.63, 3.8) is 0 Å². The third-order valence-electron chi connectivity index (χ3n) is 2.82. The average molecular weight is 274 g/mol. The van der Waals surface area contributed by atoms with Crippen molar-refractivity contribution in [2.24, 2.45) is 5.92 Å². The summed E-state index contributed by atoms with van der Waals surface area (Å²) in [5.74, 6) is 0.407. The number of carboxylic acids is 1. The summed E-state index contributed by atoms with van der Waals surface area (Å²) in [6.45, 7) is 4.49. The summed E-state index contributed by atoms with van der Waals surface area (Å²) in [5.41, 5.74) is 0. The lowest BCUT2D eigenvalue weighted by atomic mass is 10.0. The van der Waals surface area contributed by atoms with Crippen LogP contribution in [0.25, 0.3) is 0 Å². The normalized spacial score (nSPS) is 20.7. The van der Waals surface area contributed by atoms with Crippen molar-refractivity contribution in [2.45, 2.75) is 44.4 Å². The van der Waals surface area contributed by atoms with Crippen LogP contribution in [0.4, 0.5) is 4.79 Å². The first-order chi connectivity index (χ1) is 8.49. The molecule has 0 saturated carbocycles. The van der Waals surface area contributed by atoms with Gasteiger partial charge in [-0.15, -0.1) is 0 Å². The molecule has 1 aliphatic rings. The second kappa shape index (κ2) is 7.51. The van der Waals surface area contributed by atoms with E-state index in [4.69, 9.17) is 5.11 Å². The molecule has 2 atom stereocenters. The zero-order valence-electron chi connectivity index (χ0n) is 10.9. The Hall–Kier alpha value is -0.910. The van der Waals surface area contributed by atoms with Crippen LogP contribution in [0.1, 0.15) is 33.1 Å². The quantitative estimate of drug-likeness (QED) is 0.688. The van der Waals surface area contributed by atoms with Crippen molar-refractivity contribution >= 4 is 23.8 Å². The summed E-state index contributed by atoms with van der Waals surface area (Å²) in [5, 5.41) is 14.7. The maximum Gasteiger partial charge on any atom is 0.326 e. The highest BCUT2D eigenvalue weighted by molar-refractivity contribution is 8.00. The van der Waals surface area contributed by atoms with Gasteiger partial charge < -0.3 is 15.7 Å². The predicted octanol–water partition coefficient (Wildman–Crippen LogP) is 1.68. The van der Waals surface area contributed by atoms with Crippen molar-refractivity contribution in [2.75, 3.05) is 12.3 Å². The molecule has 1 fully saturated rings. The molecule has 0 aliphatic carbocycles. The van der Waals surface area contributed by atoms with Crippen molar-refractivity contribution in [3.05, 3.63) is 0 Å². The molecule has 1 unspecified atom stereocenters. The summed E-state index contributed by atoms with van der Waals surface area (Å²) in [4.78, 5) is 22.6. The predicted molar refractivity (Wildman–Crippen MR) is 72.9 cm³/mol. The van der Waals surface area contributed by atoms with E-state index in [0.29, 0.717) is 18.2 Å². The Labute approximate surface area is 112 Å². The minimum Gasteiger partial charge on any atom is -0.480 e. The number of hydrogen-bond donors (Lipinski definition) is 3. The summed E-state index contributed by atoms with van der Waals surface area (Å²) < 4.78 is 0. The standard InChI is InChI=1S/C12H22N2O3S/c1-8(2)6-10(11(15)16)14-12(17)13-7-9-4-3-5-18-9/h8-10H,3-7H2,1-2H3,(H,15,16)(H2,13,14,17)/t9?,10-/m0/s1. The van der Waals surface area contributed by atoms with Gasteiger partial charge >= 0.3 is 12.0 Å². The molecule has 3 N–H and O–H groups in total. The fourth-order valence-electron chi connectivity index (χ4n) is 1.91. The molecule has 1 aliphatic heterocycles. The van der Waals surface area contributed by atoms with Gasteiger partial charge in [-0.25, -0.2) is 9.59 Å². The molecule has 104 valence electrons. The fraction of sp³-hybridized carbons (Fsp3) is 0.833. The number of amides is 2. The molecule has 0 bridgehead atoms. The maximum absolute atomic E-state index is 11.6. The largest absolute Gasteiger partial charge is 0.480 e. The van der Waals surface area contributed by atoms with Crippen molar-refractivity contribution in [1.82, 2.24) is 10.6 Å². The van der Waals surface area contributed by atoms with E-state index in [2.05, 4.69) is 10.6 Å². The zero-order valence-corrected chi connectivity index (χ0v) is 11.8. The number of carbonyl (C=O) groups is 2. The van der Waals surface area contributed by atoms with Gasteiger partial charge in [0.25, 0.3) is 0 Å². The van der Waals surface area contributed by atoms with Gasteiger partial charge in [-0.3, -0.25) is 0 Å². The molecule has 2 amide bonds. The Balaban J connectivity index is 2.29. The molecule has 1 heterocycles. The van der Waals surface area contributed by atoms with E-state index in [1.807, 2.05) is 25.6 Å². The summed E-state index contributed by atoms with van der Waals surface area (Å²) in [6, 6.07) is -1.18. The van der Waals surface area contributed by atoms with Gasteiger partial charge in [0.2, 0.25) is 0 Å². The third-order valence-corrected chi connectivity index (χ3v) is 4.22. The topological polar surface area (TPSA) is 78.4 Å². The van der Waals surface area contributed by atoms with Gasteiger partial charge in [-0.2, -0.15) is 11.8 Å². The van der Waals surface area contributed by atoms with Crippen LogP contribution >= 0.6 is 11.8 Å². The van der Waals surface area contributed by atoms with Gasteiger partial charge in [0.1, 0.15) is 6.04 Å². The molecule has 0 aromatic carbocycles. The van der Waals surface area contributed by atoms with Gasteiger partial charge in [0.15, 0.2) is 0 Å². The van der Waals surface area contributed by atoms with Gasteiger partial charge in [-0.05, 0) is 30.9 Å². The Morgan fingerprint density at radius 3 is 2.67 bits per heavy atom. The number of carbonyl (C=O) groups excluding carboxylic acids is 1. The van der Waals surface area contributed by atoms with Gasteiger partial charge in [0.05, 0.1) is 0 Å². The fourth-order valence-corrected chi connectivity index (χ4v) is 3.12. The highest BCUT2D eigenvalue weighted by Gasteiger charge is 2.22. The van der Waals surface area contributed by atoms with E-state index in [-0.39, 0.29) is 11.9 Å². The van der Waals surface area contributed by atoms with E-state index in [1.165, 1.54) is 6.42 Å². The smallest absolute Gasteiger partial charge is 0.326 e. The van der Waals surface area contributed by atoms with Gasteiger partial charge in [0, 0.05) is 11.8 Å². The SMILES string of the molecule is CC(C)C[C@H](NC(=O)NCC1CCCS1)C(=O)O. The molecule has 0 aromatic heterocycles. The Kier molecular flexibility index (Phi) is 6.32. The summed E-state index contributed by atoms with van der Waals surface area (Å²) in [7, 11) is 0. The highest BCUT2D eigenvalue weighted by Crippen LogP contribution is 2.25. The number of rotatable bonds is 6. The van der Waals surface area contributed by atoms with Crippen LogP contribution in [-0.4, -0.2) is 40.7 Å². The minimum atomic E-state index is -0.978. The number of hydrogen-bond acceptors (Lipinski definition) is 3. The van der Waals surface area contributed by atoms with Crippen molar-refractivity contribution in [3.8, 4) is 0 Å².